The van der Waals surface area contributed by atoms with Crippen LogP contribution in [0.25, 0.3) is 6.08 Å². The van der Waals surface area contributed by atoms with E-state index in [9.17, 15) is 0 Å². The second-order valence-corrected chi connectivity index (χ2v) is 5.59. The van der Waals surface area contributed by atoms with Gasteiger partial charge >= 0.3 is 6.85 Å². The molecule has 2 aromatic rings. The van der Waals surface area contributed by atoms with Gasteiger partial charge in [-0.25, -0.2) is 0 Å². The van der Waals surface area contributed by atoms with Crippen molar-refractivity contribution >= 4 is 12.9 Å². The molecule has 0 unspecified atom stereocenters. The summed E-state index contributed by atoms with van der Waals surface area (Å²) in [5, 5.41) is 0. The number of aryl methyl sites for hydroxylation is 1. The molecule has 1 aliphatic heterocycles. The van der Waals surface area contributed by atoms with Crippen LogP contribution in [0.3, 0.4) is 0 Å². The van der Waals surface area contributed by atoms with Gasteiger partial charge in [0.05, 0.1) is 0 Å². The molecule has 0 bridgehead atoms. The lowest BCUT2D eigenvalue weighted by molar-refractivity contribution is 0.577. The Morgan fingerprint density at radius 2 is 1.73 bits per heavy atom. The van der Waals surface area contributed by atoms with Gasteiger partial charge in [-0.2, -0.15) is 0 Å². The fraction of sp³-hybridized carbons (Fsp3) is 0.100. The van der Waals surface area contributed by atoms with E-state index in [2.05, 4.69) is 103 Å². The second-order valence-electron chi connectivity index (χ2n) is 5.59. The topological polar surface area (TPSA) is 3.24 Å². The van der Waals surface area contributed by atoms with E-state index in [0.717, 1.165) is 6.54 Å². The standard InChI is InChI=1S/C20H20BN/c1-18-9-5-6-12-20(18)13-15-21-14-7-8-16-22(21)17-19-10-3-2-4-11-19/h2-16H,17H2,1H3/b15-13+. The van der Waals surface area contributed by atoms with Crippen LogP contribution in [0.4, 0.5) is 0 Å². The predicted octanol–water partition coefficient (Wildman–Crippen LogP) is 4.66. The second kappa shape index (κ2) is 6.99. The van der Waals surface area contributed by atoms with E-state index in [4.69, 9.17) is 0 Å². The van der Waals surface area contributed by atoms with Gasteiger partial charge < -0.3 is 4.81 Å². The summed E-state index contributed by atoms with van der Waals surface area (Å²) in [6, 6.07) is 19.1. The number of hydrogen-bond donors (Lipinski definition) is 0. The molecule has 0 fully saturated rings. The smallest absolute Gasteiger partial charge is 0.308 e. The minimum Gasteiger partial charge on any atom is -0.410 e. The third kappa shape index (κ3) is 3.59. The summed E-state index contributed by atoms with van der Waals surface area (Å²) in [6.45, 7) is 3.37. The first-order chi connectivity index (χ1) is 10.8. The van der Waals surface area contributed by atoms with Crippen LogP contribution in [0.5, 0.6) is 0 Å². The van der Waals surface area contributed by atoms with E-state index in [1.165, 1.54) is 16.7 Å². The molecule has 1 aliphatic rings. The van der Waals surface area contributed by atoms with Gasteiger partial charge in [-0.3, -0.25) is 0 Å². The number of nitrogens with zero attached hydrogens (tertiary/aromatic N) is 1. The zero-order valence-corrected chi connectivity index (χ0v) is 12.9. The van der Waals surface area contributed by atoms with Gasteiger partial charge in [0.15, 0.2) is 0 Å². The average molecular weight is 285 g/mol. The Kier molecular flexibility index (Phi) is 4.60. The van der Waals surface area contributed by atoms with Gasteiger partial charge in [0.1, 0.15) is 0 Å². The highest BCUT2D eigenvalue weighted by Crippen LogP contribution is 2.14. The van der Waals surface area contributed by atoms with Gasteiger partial charge in [0, 0.05) is 6.54 Å². The zero-order valence-electron chi connectivity index (χ0n) is 12.9. The molecule has 3 rings (SSSR count). The minimum absolute atomic E-state index is 0.296. The van der Waals surface area contributed by atoms with Gasteiger partial charge in [-0.1, -0.05) is 78.7 Å². The molecule has 0 radical (unpaired) electrons. The Morgan fingerprint density at radius 1 is 0.955 bits per heavy atom. The fourth-order valence-corrected chi connectivity index (χ4v) is 2.65. The van der Waals surface area contributed by atoms with Crippen molar-refractivity contribution in [2.75, 3.05) is 0 Å². The maximum absolute atomic E-state index is 2.35. The molecule has 0 saturated heterocycles. The van der Waals surface area contributed by atoms with Crippen molar-refractivity contribution in [3.63, 3.8) is 0 Å². The largest absolute Gasteiger partial charge is 0.410 e. The Morgan fingerprint density at radius 3 is 2.55 bits per heavy atom. The molecule has 0 atom stereocenters. The highest BCUT2D eigenvalue weighted by Gasteiger charge is 2.16. The Labute approximate surface area is 133 Å². The molecular formula is C20H20BN. The lowest BCUT2D eigenvalue weighted by Gasteiger charge is -2.26. The summed E-state index contributed by atoms with van der Waals surface area (Å²) in [5.74, 6) is 4.50. The molecule has 1 heterocycles. The quantitative estimate of drug-likeness (QED) is 0.738. The first kappa shape index (κ1) is 14.5. The number of benzene rings is 2. The normalized spacial score (nSPS) is 14.0. The van der Waals surface area contributed by atoms with Gasteiger partial charge in [0.25, 0.3) is 0 Å². The monoisotopic (exact) mass is 285 g/mol. The van der Waals surface area contributed by atoms with Crippen molar-refractivity contribution in [2.45, 2.75) is 13.5 Å². The molecule has 0 spiro atoms. The number of allylic oxidation sites excluding steroid dienone is 2. The van der Waals surface area contributed by atoms with Crippen molar-refractivity contribution < 1.29 is 0 Å². The van der Waals surface area contributed by atoms with E-state index in [0.29, 0.717) is 6.85 Å². The summed E-state index contributed by atoms with van der Waals surface area (Å²) in [6.07, 6.45) is 8.61. The predicted molar refractivity (Wildman–Crippen MR) is 96.2 cm³/mol. The molecule has 0 saturated carbocycles. The Hall–Kier alpha value is -2.48. The molecule has 2 aromatic carbocycles. The molecule has 1 nitrogen and oxygen atoms in total. The molecule has 0 aromatic heterocycles. The van der Waals surface area contributed by atoms with Crippen molar-refractivity contribution in [3.8, 4) is 0 Å². The zero-order chi connectivity index (χ0) is 15.2. The third-order valence-electron chi connectivity index (χ3n) is 3.95. The lowest BCUT2D eigenvalue weighted by atomic mass is 9.58. The highest BCUT2D eigenvalue weighted by atomic mass is 15.0. The third-order valence-corrected chi connectivity index (χ3v) is 3.95. The van der Waals surface area contributed by atoms with E-state index < -0.39 is 0 Å². The molecular weight excluding hydrogens is 265 g/mol. The van der Waals surface area contributed by atoms with Crippen LogP contribution >= 0.6 is 0 Å². The van der Waals surface area contributed by atoms with Gasteiger partial charge in [0.2, 0.25) is 0 Å². The molecule has 0 aliphatic carbocycles. The fourth-order valence-electron chi connectivity index (χ4n) is 2.65. The van der Waals surface area contributed by atoms with Crippen LogP contribution in [-0.2, 0) is 6.54 Å². The first-order valence-electron chi connectivity index (χ1n) is 7.71. The summed E-state index contributed by atoms with van der Waals surface area (Å²) in [4.78, 5) is 2.35. The van der Waals surface area contributed by atoms with Crippen molar-refractivity contribution in [1.29, 1.82) is 0 Å². The van der Waals surface area contributed by atoms with Gasteiger partial charge in [-0.15, -0.1) is 0 Å². The molecule has 0 N–H and O–H groups in total. The first-order valence-corrected chi connectivity index (χ1v) is 7.71. The van der Waals surface area contributed by atoms with Crippen molar-refractivity contribution in [1.82, 2.24) is 4.81 Å². The maximum atomic E-state index is 2.35. The summed E-state index contributed by atoms with van der Waals surface area (Å²) < 4.78 is 0. The van der Waals surface area contributed by atoms with E-state index in [-0.39, 0.29) is 0 Å². The Bertz CT molecular complexity index is 701. The molecule has 22 heavy (non-hydrogen) atoms. The minimum atomic E-state index is 0.296. The maximum Gasteiger partial charge on any atom is 0.308 e. The summed E-state index contributed by atoms with van der Waals surface area (Å²) >= 11 is 0. The van der Waals surface area contributed by atoms with Crippen molar-refractivity contribution in [2.24, 2.45) is 0 Å². The van der Waals surface area contributed by atoms with E-state index in [1.54, 1.807) is 0 Å². The van der Waals surface area contributed by atoms with Gasteiger partial charge in [-0.05, 0) is 35.9 Å². The molecule has 0 amide bonds. The van der Waals surface area contributed by atoms with Crippen LogP contribution in [-0.4, -0.2) is 11.7 Å². The van der Waals surface area contributed by atoms with Crippen LogP contribution in [0.15, 0.2) is 84.9 Å². The van der Waals surface area contributed by atoms with Crippen LogP contribution in [0.1, 0.15) is 16.7 Å². The van der Waals surface area contributed by atoms with E-state index in [1.807, 2.05) is 0 Å². The SMILES string of the molecule is Cc1ccccc1/C=C/B1C=CC=CN1Cc1ccccc1. The Balaban J connectivity index is 1.75. The summed E-state index contributed by atoms with van der Waals surface area (Å²) in [5.41, 5.74) is 3.92. The molecule has 2 heteroatoms. The van der Waals surface area contributed by atoms with Crippen LogP contribution < -0.4 is 0 Å². The van der Waals surface area contributed by atoms with Crippen molar-refractivity contribution in [3.05, 3.63) is 102 Å². The number of rotatable bonds is 4. The van der Waals surface area contributed by atoms with Crippen LogP contribution in [0, 0.1) is 6.92 Å². The van der Waals surface area contributed by atoms with E-state index >= 15 is 0 Å². The number of hydrogen-bond acceptors (Lipinski definition) is 1. The lowest BCUT2D eigenvalue weighted by Crippen LogP contribution is -2.33. The average Bonchev–Trinajstić information content (AvgIpc) is 2.56. The molecule has 108 valence electrons. The highest BCUT2D eigenvalue weighted by molar-refractivity contribution is 6.67. The summed E-state index contributed by atoms with van der Waals surface area (Å²) in [7, 11) is 0. The van der Waals surface area contributed by atoms with Crippen LogP contribution in [0.2, 0.25) is 0 Å².